The third-order valence-electron chi connectivity index (χ3n) is 5.39. The number of nitrogens with one attached hydrogen (secondary N) is 2. The first-order chi connectivity index (χ1) is 15.1. The molecule has 1 unspecified atom stereocenters. The van der Waals surface area contributed by atoms with Crippen molar-refractivity contribution in [3.05, 3.63) is 52.5 Å². The van der Waals surface area contributed by atoms with E-state index >= 15 is 0 Å². The van der Waals surface area contributed by atoms with Gasteiger partial charge in [0.15, 0.2) is 0 Å². The first-order valence-corrected chi connectivity index (χ1v) is 10.1. The maximum absolute atomic E-state index is 13.6. The number of ether oxygens (including phenoxy) is 3. The number of aromatic nitrogens is 4. The number of benzene rings is 1. The molecule has 31 heavy (non-hydrogen) atoms. The highest BCUT2D eigenvalue weighted by Gasteiger charge is 2.27. The minimum absolute atomic E-state index is 0.163. The fourth-order valence-corrected chi connectivity index (χ4v) is 3.89. The van der Waals surface area contributed by atoms with Gasteiger partial charge in [0, 0.05) is 39.5 Å². The molecule has 0 amide bonds. The number of allylic oxidation sites excluding steroid dienone is 1. The molecular formula is C22H27N5O4. The smallest absolute Gasteiger partial charge is 0.280 e. The highest BCUT2D eigenvalue weighted by atomic mass is 16.5. The molecule has 0 saturated carbocycles. The SMILES string of the molecule is CNc1c(-c2nc3ccccc3[nH]2)c(=O)n(CCOC)n1C1=CC(OC)=CC(OC)C1. The molecule has 0 spiro atoms. The van der Waals surface area contributed by atoms with Crippen molar-refractivity contribution in [3.63, 3.8) is 0 Å². The average Bonchev–Trinajstić information content (AvgIpc) is 3.35. The summed E-state index contributed by atoms with van der Waals surface area (Å²) in [6, 6.07) is 7.71. The molecule has 3 aromatic rings. The number of aromatic amines is 1. The van der Waals surface area contributed by atoms with E-state index in [0.717, 1.165) is 16.7 Å². The molecule has 1 atom stereocenters. The second-order valence-corrected chi connectivity index (χ2v) is 7.20. The van der Waals surface area contributed by atoms with Gasteiger partial charge in [-0.2, -0.15) is 0 Å². The Kier molecular flexibility index (Phi) is 5.97. The largest absolute Gasteiger partial charge is 0.497 e. The third-order valence-corrected chi connectivity index (χ3v) is 5.39. The molecule has 0 aliphatic heterocycles. The zero-order valence-electron chi connectivity index (χ0n) is 18.1. The number of para-hydroxylation sites is 2. The quantitative estimate of drug-likeness (QED) is 0.576. The van der Waals surface area contributed by atoms with Gasteiger partial charge >= 0.3 is 0 Å². The zero-order valence-corrected chi connectivity index (χ0v) is 18.1. The van der Waals surface area contributed by atoms with E-state index < -0.39 is 0 Å². The van der Waals surface area contributed by atoms with Crippen molar-refractivity contribution in [2.24, 2.45) is 0 Å². The zero-order chi connectivity index (χ0) is 22.0. The molecule has 0 saturated heterocycles. The molecule has 164 valence electrons. The topological polar surface area (TPSA) is 95.3 Å². The Bertz CT molecular complexity index is 1170. The third kappa shape index (κ3) is 3.77. The van der Waals surface area contributed by atoms with E-state index in [4.69, 9.17) is 14.2 Å². The van der Waals surface area contributed by atoms with Crippen molar-refractivity contribution in [1.82, 2.24) is 19.3 Å². The van der Waals surface area contributed by atoms with Crippen molar-refractivity contribution in [1.29, 1.82) is 0 Å². The molecule has 0 bridgehead atoms. The van der Waals surface area contributed by atoms with Crippen LogP contribution in [-0.2, 0) is 20.8 Å². The van der Waals surface area contributed by atoms with Crippen LogP contribution >= 0.6 is 0 Å². The van der Waals surface area contributed by atoms with Crippen LogP contribution in [-0.4, -0.2) is 60.4 Å². The van der Waals surface area contributed by atoms with E-state index in [-0.39, 0.29) is 11.7 Å². The molecule has 4 rings (SSSR count). The number of imidazole rings is 1. The van der Waals surface area contributed by atoms with Gasteiger partial charge in [0.1, 0.15) is 23.0 Å². The normalized spacial score (nSPS) is 16.3. The Labute approximate surface area is 179 Å². The van der Waals surface area contributed by atoms with E-state index in [1.807, 2.05) is 41.1 Å². The van der Waals surface area contributed by atoms with Crippen molar-refractivity contribution in [3.8, 4) is 11.4 Å². The molecule has 1 aromatic carbocycles. The van der Waals surface area contributed by atoms with Crippen molar-refractivity contribution >= 4 is 22.5 Å². The number of anilines is 1. The summed E-state index contributed by atoms with van der Waals surface area (Å²) in [6.45, 7) is 0.770. The van der Waals surface area contributed by atoms with Crippen molar-refractivity contribution in [2.45, 2.75) is 19.1 Å². The lowest BCUT2D eigenvalue weighted by Gasteiger charge is -2.24. The predicted octanol–water partition coefficient (Wildman–Crippen LogP) is 2.67. The van der Waals surface area contributed by atoms with Crippen LogP contribution in [0.5, 0.6) is 0 Å². The Morgan fingerprint density at radius 2 is 2.06 bits per heavy atom. The lowest BCUT2D eigenvalue weighted by Crippen LogP contribution is -2.27. The van der Waals surface area contributed by atoms with Crippen LogP contribution < -0.4 is 10.9 Å². The number of fused-ring (bicyclic) bond motifs is 1. The summed E-state index contributed by atoms with van der Waals surface area (Å²) in [5.74, 6) is 1.83. The second kappa shape index (κ2) is 8.83. The maximum atomic E-state index is 13.6. The van der Waals surface area contributed by atoms with Gasteiger partial charge in [0.2, 0.25) is 0 Å². The van der Waals surface area contributed by atoms with Crippen LogP contribution in [0.25, 0.3) is 28.1 Å². The minimum atomic E-state index is -0.164. The lowest BCUT2D eigenvalue weighted by molar-refractivity contribution is 0.136. The Hall–Kier alpha value is -3.30. The number of hydrogen-bond acceptors (Lipinski definition) is 6. The van der Waals surface area contributed by atoms with Crippen molar-refractivity contribution < 1.29 is 14.2 Å². The molecular weight excluding hydrogens is 398 g/mol. The summed E-state index contributed by atoms with van der Waals surface area (Å²) < 4.78 is 19.8. The molecule has 1 aliphatic carbocycles. The average molecular weight is 425 g/mol. The Morgan fingerprint density at radius 1 is 1.26 bits per heavy atom. The van der Waals surface area contributed by atoms with Gasteiger partial charge in [-0.25, -0.2) is 14.3 Å². The molecule has 2 heterocycles. The first-order valence-electron chi connectivity index (χ1n) is 10.1. The summed E-state index contributed by atoms with van der Waals surface area (Å²) in [4.78, 5) is 21.5. The van der Waals surface area contributed by atoms with Gasteiger partial charge in [-0.1, -0.05) is 12.1 Å². The number of rotatable bonds is 8. The molecule has 9 nitrogen and oxygen atoms in total. The molecule has 1 aliphatic rings. The number of hydrogen-bond donors (Lipinski definition) is 2. The van der Waals surface area contributed by atoms with Crippen LogP contribution in [0.2, 0.25) is 0 Å². The van der Waals surface area contributed by atoms with Crippen molar-refractivity contribution in [2.75, 3.05) is 40.3 Å². The molecule has 9 heteroatoms. The summed E-state index contributed by atoms with van der Waals surface area (Å²) in [6.07, 6.45) is 4.26. The van der Waals surface area contributed by atoms with E-state index in [0.29, 0.717) is 42.5 Å². The predicted molar refractivity (Wildman–Crippen MR) is 120 cm³/mol. The van der Waals surface area contributed by atoms with Crippen LogP contribution in [0.3, 0.4) is 0 Å². The van der Waals surface area contributed by atoms with Gasteiger partial charge in [-0.05, 0) is 18.2 Å². The van der Waals surface area contributed by atoms with Gasteiger partial charge < -0.3 is 24.5 Å². The lowest BCUT2D eigenvalue weighted by atomic mass is 10.1. The van der Waals surface area contributed by atoms with E-state index in [9.17, 15) is 4.79 Å². The summed E-state index contributed by atoms with van der Waals surface area (Å²) in [5, 5.41) is 3.21. The molecule has 0 radical (unpaired) electrons. The van der Waals surface area contributed by atoms with Gasteiger partial charge in [0.25, 0.3) is 5.56 Å². The van der Waals surface area contributed by atoms with Gasteiger partial charge in [-0.3, -0.25) is 4.79 Å². The van der Waals surface area contributed by atoms with E-state index in [2.05, 4.69) is 15.3 Å². The summed E-state index contributed by atoms with van der Waals surface area (Å²) in [5.41, 5.74) is 2.85. The van der Waals surface area contributed by atoms with Crippen LogP contribution in [0.15, 0.2) is 47.0 Å². The number of methoxy groups -OCH3 is 3. The summed E-state index contributed by atoms with van der Waals surface area (Å²) >= 11 is 0. The molecule has 2 N–H and O–H groups in total. The fourth-order valence-electron chi connectivity index (χ4n) is 3.89. The summed E-state index contributed by atoms with van der Waals surface area (Å²) in [7, 11) is 6.68. The van der Waals surface area contributed by atoms with E-state index in [1.165, 1.54) is 0 Å². The molecule has 0 fully saturated rings. The second-order valence-electron chi connectivity index (χ2n) is 7.20. The van der Waals surface area contributed by atoms with Crippen LogP contribution in [0, 0.1) is 0 Å². The number of H-pyrrole nitrogens is 1. The first kappa shape index (κ1) is 21.0. The fraction of sp³-hybridized carbons (Fsp3) is 0.364. The number of nitrogens with zero attached hydrogens (tertiary/aromatic N) is 3. The van der Waals surface area contributed by atoms with Gasteiger partial charge in [0.05, 0.1) is 37.4 Å². The monoisotopic (exact) mass is 425 g/mol. The minimum Gasteiger partial charge on any atom is -0.497 e. The van der Waals surface area contributed by atoms with Crippen LogP contribution in [0.4, 0.5) is 5.82 Å². The van der Waals surface area contributed by atoms with Crippen LogP contribution in [0.1, 0.15) is 6.42 Å². The maximum Gasteiger partial charge on any atom is 0.280 e. The highest BCUT2D eigenvalue weighted by molar-refractivity contribution is 5.83. The van der Waals surface area contributed by atoms with Gasteiger partial charge in [-0.15, -0.1) is 0 Å². The molecule has 2 aromatic heterocycles. The highest BCUT2D eigenvalue weighted by Crippen LogP contribution is 2.32. The Balaban J connectivity index is 1.94. The van der Waals surface area contributed by atoms with E-state index in [1.54, 1.807) is 33.1 Å². The standard InChI is InChI=1S/C22H27N5O4/c1-23-21-19(20-24-17-7-5-6-8-18(17)25-20)22(28)26(9-10-29-2)27(21)14-11-15(30-3)13-16(12-14)31-4/h5-8,11,13,16,23H,9-10,12H2,1-4H3,(H,24,25). The Morgan fingerprint density at radius 3 is 2.74 bits per heavy atom.